The molecule has 2 atom stereocenters. The number of hydrogen-bond acceptors (Lipinski definition) is 5. The molecule has 1 aliphatic heterocycles. The van der Waals surface area contributed by atoms with E-state index in [9.17, 15) is 18.0 Å². The number of carbonyl (C=O) groups excluding carboxylic acids is 2. The number of urea groups is 1. The van der Waals surface area contributed by atoms with Crippen LogP contribution in [0.1, 0.15) is 23.5 Å². The number of nitrogens with two attached hydrogens (primary N) is 1. The first-order chi connectivity index (χ1) is 20.4. The minimum absolute atomic E-state index is 0.142. The van der Waals surface area contributed by atoms with Crippen LogP contribution in [0, 0.1) is 0 Å². The van der Waals surface area contributed by atoms with E-state index in [1.807, 2.05) is 12.1 Å². The molecule has 2 aliphatic rings. The standard InChI is InChI=1S/C31H30N2O2S.C2H4N2O2/c34-36(35,26-14-5-2-6-15-26)33-22-21-32(23-31(33)29-20-19-25-13-7-8-16-27(25)29)30-18-10-9-17-28(30)24-11-3-1-4-12-24;3-2(6)4-1-5/h1-18,29,31H,19-23H2;1H,(H3,3,4,5,6). The predicted octanol–water partition coefficient (Wildman–Crippen LogP) is 4.77. The van der Waals surface area contributed by atoms with Crippen molar-refractivity contribution in [2.75, 3.05) is 24.5 Å². The van der Waals surface area contributed by atoms with Gasteiger partial charge in [-0.25, -0.2) is 13.2 Å². The molecule has 0 aromatic heterocycles. The zero-order valence-electron chi connectivity index (χ0n) is 23.2. The van der Waals surface area contributed by atoms with Crippen LogP contribution in [0.5, 0.6) is 0 Å². The van der Waals surface area contributed by atoms with Crippen LogP contribution in [0.15, 0.2) is 114 Å². The lowest BCUT2D eigenvalue weighted by molar-refractivity contribution is -0.108. The molecule has 1 fully saturated rings. The van der Waals surface area contributed by atoms with Gasteiger partial charge in [0.2, 0.25) is 16.4 Å². The molecule has 3 N–H and O–H groups in total. The van der Waals surface area contributed by atoms with E-state index in [0.29, 0.717) is 24.5 Å². The normalized spacial score (nSPS) is 18.3. The average molecular weight is 583 g/mol. The molecular formula is C33H34N4O4S. The van der Waals surface area contributed by atoms with Crippen molar-refractivity contribution >= 4 is 28.2 Å². The predicted molar refractivity (Wildman–Crippen MR) is 164 cm³/mol. The lowest BCUT2D eigenvalue weighted by Crippen LogP contribution is -2.57. The third-order valence-corrected chi connectivity index (χ3v) is 9.83. The van der Waals surface area contributed by atoms with Crippen LogP contribution >= 0.6 is 0 Å². The van der Waals surface area contributed by atoms with E-state index in [0.717, 1.165) is 18.5 Å². The third-order valence-electron chi connectivity index (χ3n) is 7.89. The molecule has 1 heterocycles. The van der Waals surface area contributed by atoms with Gasteiger partial charge in [-0.05, 0) is 47.7 Å². The van der Waals surface area contributed by atoms with Gasteiger partial charge in [-0.2, -0.15) is 4.31 Å². The number of aryl methyl sites for hydroxylation is 1. The fourth-order valence-corrected chi connectivity index (χ4v) is 7.69. The Labute approximate surface area is 246 Å². The Kier molecular flexibility index (Phi) is 9.00. The summed E-state index contributed by atoms with van der Waals surface area (Å²) in [5, 5.41) is 1.67. The molecule has 6 rings (SSSR count). The van der Waals surface area contributed by atoms with Crippen LogP contribution in [-0.4, -0.2) is 50.8 Å². The van der Waals surface area contributed by atoms with Gasteiger partial charge in [0.1, 0.15) is 0 Å². The Morgan fingerprint density at radius 3 is 2.17 bits per heavy atom. The number of sulfonamides is 1. The molecule has 0 saturated carbocycles. The summed E-state index contributed by atoms with van der Waals surface area (Å²) in [5.41, 5.74) is 10.6. The second-order valence-electron chi connectivity index (χ2n) is 10.3. The molecule has 1 saturated heterocycles. The van der Waals surface area contributed by atoms with Crippen molar-refractivity contribution in [2.24, 2.45) is 5.73 Å². The summed E-state index contributed by atoms with van der Waals surface area (Å²) in [6, 6.07) is 35.4. The first-order valence-electron chi connectivity index (χ1n) is 13.9. The van der Waals surface area contributed by atoms with E-state index in [2.05, 4.69) is 83.4 Å². The van der Waals surface area contributed by atoms with Gasteiger partial charge in [0.15, 0.2) is 0 Å². The molecule has 3 amide bonds. The van der Waals surface area contributed by atoms with Crippen molar-refractivity contribution in [3.05, 3.63) is 120 Å². The van der Waals surface area contributed by atoms with E-state index in [1.165, 1.54) is 22.3 Å². The lowest BCUT2D eigenvalue weighted by Gasteiger charge is -2.44. The first-order valence-corrected chi connectivity index (χ1v) is 15.4. The molecule has 216 valence electrons. The van der Waals surface area contributed by atoms with Crippen molar-refractivity contribution < 1.29 is 18.0 Å². The topological polar surface area (TPSA) is 113 Å². The number of hydrogen-bond donors (Lipinski definition) is 2. The van der Waals surface area contributed by atoms with Crippen molar-refractivity contribution in [1.82, 2.24) is 9.62 Å². The Bertz CT molecular complexity index is 1630. The second kappa shape index (κ2) is 13.0. The summed E-state index contributed by atoms with van der Waals surface area (Å²) in [6.07, 6.45) is 2.19. The van der Waals surface area contributed by atoms with Crippen LogP contribution < -0.4 is 16.0 Å². The number of benzene rings is 4. The maximum Gasteiger partial charge on any atom is 0.318 e. The highest BCUT2D eigenvalue weighted by atomic mass is 32.2. The van der Waals surface area contributed by atoms with Crippen LogP contribution in [0.4, 0.5) is 10.5 Å². The van der Waals surface area contributed by atoms with Crippen molar-refractivity contribution in [1.29, 1.82) is 0 Å². The van der Waals surface area contributed by atoms with Gasteiger partial charge >= 0.3 is 6.03 Å². The average Bonchev–Trinajstić information content (AvgIpc) is 3.46. The zero-order valence-corrected chi connectivity index (χ0v) is 24.0. The quantitative estimate of drug-likeness (QED) is 0.318. The first kappa shape index (κ1) is 29.0. The van der Waals surface area contributed by atoms with Crippen molar-refractivity contribution in [3.8, 4) is 11.1 Å². The summed E-state index contributed by atoms with van der Waals surface area (Å²) in [5.74, 6) is 0.173. The van der Waals surface area contributed by atoms with Gasteiger partial charge < -0.3 is 10.6 Å². The van der Waals surface area contributed by atoms with Gasteiger partial charge in [-0.1, -0.05) is 91.0 Å². The van der Waals surface area contributed by atoms with E-state index in [1.54, 1.807) is 33.9 Å². The Morgan fingerprint density at radius 2 is 1.48 bits per heavy atom. The minimum atomic E-state index is -3.61. The van der Waals surface area contributed by atoms with Gasteiger partial charge in [-0.15, -0.1) is 0 Å². The van der Waals surface area contributed by atoms with E-state index >= 15 is 0 Å². The molecule has 9 heteroatoms. The van der Waals surface area contributed by atoms with E-state index < -0.39 is 16.1 Å². The number of imide groups is 1. The van der Waals surface area contributed by atoms with Gasteiger partial charge in [0, 0.05) is 42.8 Å². The molecule has 8 nitrogen and oxygen atoms in total. The third kappa shape index (κ3) is 6.22. The highest BCUT2D eigenvalue weighted by molar-refractivity contribution is 7.89. The largest absolute Gasteiger partial charge is 0.368 e. The molecule has 0 bridgehead atoms. The fourth-order valence-electron chi connectivity index (χ4n) is 6.03. The highest BCUT2D eigenvalue weighted by Gasteiger charge is 2.43. The molecule has 0 spiro atoms. The van der Waals surface area contributed by atoms with Crippen LogP contribution in [0.3, 0.4) is 0 Å². The van der Waals surface area contributed by atoms with Crippen molar-refractivity contribution in [2.45, 2.75) is 29.7 Å². The molecule has 1 aliphatic carbocycles. The summed E-state index contributed by atoms with van der Waals surface area (Å²) in [6.45, 7) is 1.78. The van der Waals surface area contributed by atoms with E-state index in [-0.39, 0.29) is 18.4 Å². The molecule has 4 aromatic carbocycles. The summed E-state index contributed by atoms with van der Waals surface area (Å²) in [7, 11) is -3.61. The van der Waals surface area contributed by atoms with Crippen LogP contribution in [0.2, 0.25) is 0 Å². The van der Waals surface area contributed by atoms with Crippen LogP contribution in [0.25, 0.3) is 11.1 Å². The SMILES string of the molecule is NC(=O)NC=O.O=S(=O)(c1ccccc1)N1CCN(c2ccccc2-c2ccccc2)CC1C1CCc2ccccc21. The highest BCUT2D eigenvalue weighted by Crippen LogP contribution is 2.41. The molecule has 42 heavy (non-hydrogen) atoms. The van der Waals surface area contributed by atoms with Crippen LogP contribution in [-0.2, 0) is 21.2 Å². The number of carbonyl (C=O) groups is 2. The summed E-state index contributed by atoms with van der Waals surface area (Å²) < 4.78 is 29.6. The number of nitrogens with zero attached hydrogens (tertiary/aromatic N) is 2. The fraction of sp³-hybridized carbons (Fsp3) is 0.212. The maximum absolute atomic E-state index is 13.9. The number of anilines is 1. The second-order valence-corrected chi connectivity index (χ2v) is 12.2. The van der Waals surface area contributed by atoms with E-state index in [4.69, 9.17) is 0 Å². The zero-order chi connectivity index (χ0) is 29.5. The number of nitrogens with one attached hydrogen (secondary N) is 1. The number of para-hydroxylation sites is 1. The number of amides is 3. The Morgan fingerprint density at radius 1 is 0.833 bits per heavy atom. The number of fused-ring (bicyclic) bond motifs is 1. The maximum atomic E-state index is 13.9. The Balaban J connectivity index is 0.000000535. The molecule has 0 radical (unpaired) electrons. The minimum Gasteiger partial charge on any atom is -0.368 e. The molecular weight excluding hydrogens is 548 g/mol. The smallest absolute Gasteiger partial charge is 0.318 e. The Hall–Kier alpha value is -4.47. The summed E-state index contributed by atoms with van der Waals surface area (Å²) in [4.78, 5) is 21.5. The van der Waals surface area contributed by atoms with Gasteiger partial charge in [-0.3, -0.25) is 10.1 Å². The van der Waals surface area contributed by atoms with Crippen molar-refractivity contribution in [3.63, 3.8) is 0 Å². The van der Waals surface area contributed by atoms with Gasteiger partial charge in [0.05, 0.1) is 4.90 Å². The van der Waals surface area contributed by atoms with Gasteiger partial charge in [0.25, 0.3) is 0 Å². The molecule has 2 unspecified atom stereocenters. The lowest BCUT2D eigenvalue weighted by atomic mass is 9.91. The molecule has 4 aromatic rings. The monoisotopic (exact) mass is 582 g/mol. The number of rotatable bonds is 6. The number of primary amides is 1. The number of piperazine rings is 1. The summed E-state index contributed by atoms with van der Waals surface area (Å²) >= 11 is 0.